The van der Waals surface area contributed by atoms with Gasteiger partial charge in [0.05, 0.1) is 46.4 Å². The van der Waals surface area contributed by atoms with Crippen molar-refractivity contribution < 1.29 is 54.3 Å². The van der Waals surface area contributed by atoms with E-state index in [0.717, 1.165) is 37.1 Å². The highest BCUT2D eigenvalue weighted by atomic mass is 32.2. The van der Waals surface area contributed by atoms with Crippen LogP contribution < -0.4 is 30.4 Å². The van der Waals surface area contributed by atoms with Crippen LogP contribution in [0.25, 0.3) is 0 Å². The molecule has 0 atom stereocenters. The number of hydrogen-bond acceptors (Lipinski definition) is 10. The number of hydrogen-bond donors (Lipinski definition) is 4. The summed E-state index contributed by atoms with van der Waals surface area (Å²) in [5.41, 5.74) is 4.56. The maximum atomic E-state index is 12.9. The van der Waals surface area contributed by atoms with Gasteiger partial charge in [0.25, 0.3) is 23.5 Å². The Hall–Kier alpha value is -7.90. The van der Waals surface area contributed by atoms with Gasteiger partial charge >= 0.3 is 11.8 Å². The van der Waals surface area contributed by atoms with Crippen LogP contribution in [0.1, 0.15) is 79.2 Å². The third-order valence-electron chi connectivity index (χ3n) is 10.1. The summed E-state index contributed by atoms with van der Waals surface area (Å²) in [7, 11) is -8.54. The fourth-order valence-electron chi connectivity index (χ4n) is 6.43. The molecule has 0 fully saturated rings. The minimum absolute atomic E-state index is 0.178. The van der Waals surface area contributed by atoms with E-state index >= 15 is 0 Å². The molecule has 0 bridgehead atoms. The lowest BCUT2D eigenvalue weighted by atomic mass is 10.1. The quantitative estimate of drug-likeness (QED) is 0.0607. The van der Waals surface area contributed by atoms with E-state index in [0.29, 0.717) is 45.3 Å². The van der Waals surface area contributed by atoms with E-state index in [1.165, 1.54) is 24.3 Å². The summed E-state index contributed by atoms with van der Waals surface area (Å²) in [5, 5.41) is 11.5. The lowest BCUT2D eigenvalue weighted by Gasteiger charge is -2.09. The Kier molecular flexibility index (Phi) is 18.9. The van der Waals surface area contributed by atoms with Crippen LogP contribution in [0.3, 0.4) is 0 Å². The monoisotopic (exact) mass is 984 g/mol. The lowest BCUT2D eigenvalue weighted by molar-refractivity contribution is -0.683. The van der Waals surface area contributed by atoms with Gasteiger partial charge < -0.3 is 19.7 Å². The van der Waals surface area contributed by atoms with E-state index in [9.17, 15) is 45.1 Å². The molecule has 5 aromatic carbocycles. The highest BCUT2D eigenvalue weighted by Gasteiger charge is 2.18. The number of aromatic nitrogens is 2. The smallest absolute Gasteiger partial charge is 0.339 e. The first-order chi connectivity index (χ1) is 33.3. The van der Waals surface area contributed by atoms with Crippen molar-refractivity contribution in [1.29, 1.82) is 0 Å². The second kappa shape index (κ2) is 24.9. The van der Waals surface area contributed by atoms with E-state index in [2.05, 4.69) is 35.1 Å². The summed E-state index contributed by atoms with van der Waals surface area (Å²) in [6.45, 7) is 9.37. The predicted octanol–water partition coefficient (Wildman–Crippen LogP) is 7.89. The molecule has 16 nitrogen and oxygen atoms in total. The third-order valence-corrected chi connectivity index (χ3v) is 11.8. The zero-order chi connectivity index (χ0) is 50.8. The minimum Gasteiger partial charge on any atom is -0.744 e. The molecule has 70 heavy (non-hydrogen) atoms. The minimum atomic E-state index is -4.27. The zero-order valence-corrected chi connectivity index (χ0v) is 40.4. The van der Waals surface area contributed by atoms with Crippen molar-refractivity contribution in [3.63, 3.8) is 0 Å². The first kappa shape index (κ1) is 53.1. The largest absolute Gasteiger partial charge is 0.744 e. The van der Waals surface area contributed by atoms with E-state index in [1.54, 1.807) is 97.1 Å². The van der Waals surface area contributed by atoms with Crippen LogP contribution in [0.2, 0.25) is 0 Å². The van der Waals surface area contributed by atoms with Crippen molar-refractivity contribution >= 4 is 66.9 Å². The van der Waals surface area contributed by atoms with Crippen LogP contribution in [-0.2, 0) is 33.3 Å². The van der Waals surface area contributed by atoms with Crippen LogP contribution in [0, 0.1) is 13.8 Å². The summed E-state index contributed by atoms with van der Waals surface area (Å²) in [6, 6.07) is 42.4. The first-order valence-electron chi connectivity index (χ1n) is 21.9. The molecule has 2 heterocycles. The molecule has 2 aromatic heterocycles. The van der Waals surface area contributed by atoms with Crippen LogP contribution in [0.4, 0.5) is 23.0 Å². The lowest BCUT2D eigenvalue weighted by Crippen LogP contribution is -2.37. The topological polar surface area (TPSA) is 239 Å². The van der Waals surface area contributed by atoms with Gasteiger partial charge in [0.15, 0.2) is 0 Å². The number of benzene rings is 5. The highest BCUT2D eigenvalue weighted by molar-refractivity contribution is 7.86. The molecular formula is C52H52N6O10S2. The van der Waals surface area contributed by atoms with Gasteiger partial charge in [-0.2, -0.15) is 0 Å². The van der Waals surface area contributed by atoms with Crippen molar-refractivity contribution in [3.8, 4) is 0 Å². The Morgan fingerprint density at radius 1 is 0.414 bits per heavy atom. The molecule has 4 N–H and O–H groups in total. The average molecular weight is 985 g/mol. The summed E-state index contributed by atoms with van der Waals surface area (Å²) < 4.78 is 66.3. The molecular weight excluding hydrogens is 933 g/mol. The Morgan fingerprint density at radius 2 is 0.700 bits per heavy atom. The average Bonchev–Trinajstić information content (AvgIpc) is 3.33. The number of pyridine rings is 2. The highest BCUT2D eigenvalue weighted by Crippen LogP contribution is 2.17. The fraction of sp³-hybridized carbons (Fsp3) is 0.154. The Bertz CT molecular complexity index is 2920. The molecule has 0 radical (unpaired) electrons. The van der Waals surface area contributed by atoms with Crippen LogP contribution in [0.5, 0.6) is 0 Å². The van der Waals surface area contributed by atoms with E-state index in [-0.39, 0.29) is 33.4 Å². The van der Waals surface area contributed by atoms with Gasteiger partial charge in [-0.3, -0.25) is 9.59 Å². The van der Waals surface area contributed by atoms with Crippen molar-refractivity contribution in [2.45, 2.75) is 63.4 Å². The van der Waals surface area contributed by atoms with Gasteiger partial charge in [-0.05, 0) is 136 Å². The number of carbonyl (C=O) groups is 4. The standard InChI is InChI=1S/C38H36N6O4.2C7H8O3S/c1-3-23-43-25-7-5-9-33(43)41-37(47)29-15-19-31(20-16-29)39-35(45)27-11-13-28(14-12-27)36(46)40-32-21-17-30(18-22-32)38(48)42-34-10-6-8-26-44(34)24-4-2;2*1-6-2-4-7(5-3-6)11(8,9)10/h5-22,25-26H,3-4,23-24H2,1-2H3,(H2,39,40,45,46,47,48);2*2-5H,1H3,(H,8,9,10). The first-order valence-corrected chi connectivity index (χ1v) is 24.7. The summed E-state index contributed by atoms with van der Waals surface area (Å²) in [5.74, 6) is 0.216. The number of anilines is 4. The van der Waals surface area contributed by atoms with Crippen LogP contribution in [-0.4, -0.2) is 49.6 Å². The maximum absolute atomic E-state index is 12.9. The number of rotatable bonds is 14. The molecule has 0 aliphatic carbocycles. The number of nitrogens with zero attached hydrogens (tertiary/aromatic N) is 2. The Morgan fingerprint density at radius 3 is 0.986 bits per heavy atom. The van der Waals surface area contributed by atoms with Gasteiger partial charge in [-0.1, -0.05) is 61.4 Å². The van der Waals surface area contributed by atoms with Gasteiger partial charge in [0.1, 0.15) is 20.2 Å². The van der Waals surface area contributed by atoms with Gasteiger partial charge in [0.2, 0.25) is 0 Å². The fourth-order valence-corrected chi connectivity index (χ4v) is 7.37. The molecule has 0 saturated carbocycles. The third kappa shape index (κ3) is 16.1. The molecule has 0 unspecified atom stereocenters. The van der Waals surface area contributed by atoms with Crippen molar-refractivity contribution in [2.24, 2.45) is 0 Å². The molecule has 362 valence electrons. The number of aryl methyl sites for hydroxylation is 4. The Labute approximate surface area is 407 Å². The molecule has 7 aromatic rings. The molecule has 0 spiro atoms. The SMILES string of the molecule is CCC[n+]1ccccc1NC(=O)c1ccc(NC(=O)c2ccc(C(=O)Nc3ccc(C(=O)Nc4cccc[n+]4CCC)cc3)cc2)cc1.Cc1ccc(S(=O)(=O)[O-])cc1.Cc1ccc(S(=O)(=O)[O-])cc1. The zero-order valence-electron chi connectivity index (χ0n) is 38.8. The van der Waals surface area contributed by atoms with Gasteiger partial charge in [-0.15, -0.1) is 0 Å². The summed E-state index contributed by atoms with van der Waals surface area (Å²) >= 11 is 0. The number of amides is 4. The number of nitrogens with one attached hydrogen (secondary N) is 4. The summed E-state index contributed by atoms with van der Waals surface area (Å²) in [6.07, 6.45) is 5.72. The van der Waals surface area contributed by atoms with E-state index in [1.807, 2.05) is 71.8 Å². The van der Waals surface area contributed by atoms with E-state index in [4.69, 9.17) is 0 Å². The van der Waals surface area contributed by atoms with Gasteiger partial charge in [0, 0.05) is 34.6 Å². The predicted molar refractivity (Wildman–Crippen MR) is 263 cm³/mol. The summed E-state index contributed by atoms with van der Waals surface area (Å²) in [4.78, 5) is 51.0. The molecule has 0 saturated heterocycles. The van der Waals surface area contributed by atoms with Gasteiger partial charge in [-0.25, -0.2) is 46.2 Å². The van der Waals surface area contributed by atoms with E-state index < -0.39 is 20.2 Å². The van der Waals surface area contributed by atoms with Crippen molar-refractivity contribution in [2.75, 3.05) is 21.3 Å². The molecule has 4 amide bonds. The van der Waals surface area contributed by atoms with Crippen LogP contribution in [0.15, 0.2) is 180 Å². The van der Waals surface area contributed by atoms with Crippen LogP contribution >= 0.6 is 0 Å². The molecule has 0 aliphatic heterocycles. The second-order valence-corrected chi connectivity index (χ2v) is 18.4. The van der Waals surface area contributed by atoms with Crippen molar-refractivity contribution in [3.05, 3.63) is 203 Å². The number of carbonyl (C=O) groups excluding carboxylic acids is 4. The molecule has 18 heteroatoms. The molecule has 7 rings (SSSR count). The normalized spacial score (nSPS) is 10.8. The second-order valence-electron chi connectivity index (χ2n) is 15.6. The van der Waals surface area contributed by atoms with Crippen molar-refractivity contribution in [1.82, 2.24) is 0 Å². The maximum Gasteiger partial charge on any atom is 0.339 e. The Balaban J connectivity index is 0.000000338. The molecule has 0 aliphatic rings.